The fraction of sp³-hybridized carbons (Fsp3) is 0.114. The van der Waals surface area contributed by atoms with Crippen molar-refractivity contribution in [3.05, 3.63) is 125 Å². The lowest BCUT2D eigenvalue weighted by atomic mass is 9.93. The minimum atomic E-state index is -1.14. The van der Waals surface area contributed by atoms with Crippen LogP contribution in [0.3, 0.4) is 0 Å². The van der Waals surface area contributed by atoms with Crippen LogP contribution in [0.15, 0.2) is 103 Å². The third-order valence-corrected chi connectivity index (χ3v) is 7.74. The topological polar surface area (TPSA) is 95.1 Å². The highest BCUT2D eigenvalue weighted by molar-refractivity contribution is 6.31. The summed E-state index contributed by atoms with van der Waals surface area (Å²) < 4.78 is 0. The van der Waals surface area contributed by atoms with Gasteiger partial charge < -0.3 is 15.4 Å². The van der Waals surface area contributed by atoms with E-state index in [0.29, 0.717) is 27.5 Å². The Morgan fingerprint density at radius 3 is 2.43 bits per heavy atom. The number of rotatable bonds is 8. The Hall–Kier alpha value is -4.94. The van der Waals surface area contributed by atoms with Gasteiger partial charge in [-0.3, -0.25) is 4.79 Å². The van der Waals surface area contributed by atoms with Gasteiger partial charge in [0.05, 0.1) is 22.6 Å². The number of carbonyl (C=O) groups excluding carboxylic acids is 1. The molecule has 0 spiro atoms. The van der Waals surface area contributed by atoms with E-state index in [1.54, 1.807) is 24.3 Å². The summed E-state index contributed by atoms with van der Waals surface area (Å²) in [6.07, 6.45) is 1.65. The number of imidazole rings is 1. The molecule has 7 heteroatoms. The number of carboxylic acids is 1. The number of aromatic nitrogens is 2. The van der Waals surface area contributed by atoms with Crippen LogP contribution in [0.2, 0.25) is 5.02 Å². The molecule has 0 aliphatic heterocycles. The molecule has 0 fully saturated rings. The number of benzene rings is 5. The van der Waals surface area contributed by atoms with Crippen LogP contribution in [-0.2, 0) is 0 Å². The van der Waals surface area contributed by atoms with Crippen LogP contribution in [0.4, 0.5) is 0 Å². The molecular weight excluding hydrogens is 546 g/mol. The van der Waals surface area contributed by atoms with E-state index in [0.717, 1.165) is 40.2 Å². The number of aromatic carboxylic acids is 1. The molecule has 5 aromatic carbocycles. The van der Waals surface area contributed by atoms with Crippen LogP contribution in [0.25, 0.3) is 44.3 Å². The second-order valence-electron chi connectivity index (χ2n) is 10.2. The van der Waals surface area contributed by atoms with Crippen LogP contribution in [0.5, 0.6) is 0 Å². The molecule has 3 N–H and O–H groups in total. The molecule has 0 radical (unpaired) electrons. The van der Waals surface area contributed by atoms with Gasteiger partial charge in [-0.05, 0) is 64.9 Å². The molecule has 1 atom stereocenters. The Labute approximate surface area is 248 Å². The number of halogens is 1. The summed E-state index contributed by atoms with van der Waals surface area (Å²) >= 11 is 6.43. The third kappa shape index (κ3) is 5.24. The Morgan fingerprint density at radius 1 is 0.881 bits per heavy atom. The fourth-order valence-electron chi connectivity index (χ4n) is 5.45. The van der Waals surface area contributed by atoms with E-state index in [4.69, 9.17) is 16.6 Å². The fourth-order valence-corrected chi connectivity index (χ4v) is 5.62. The number of aromatic amines is 1. The van der Waals surface area contributed by atoms with Crippen molar-refractivity contribution in [2.45, 2.75) is 25.8 Å². The number of amides is 1. The number of carbonyl (C=O) groups is 2. The van der Waals surface area contributed by atoms with Gasteiger partial charge >= 0.3 is 5.97 Å². The van der Waals surface area contributed by atoms with Gasteiger partial charge in [0.1, 0.15) is 5.82 Å². The van der Waals surface area contributed by atoms with Gasteiger partial charge in [0.25, 0.3) is 5.91 Å². The summed E-state index contributed by atoms with van der Waals surface area (Å²) in [5, 5.41) is 15.9. The van der Waals surface area contributed by atoms with Crippen LogP contribution < -0.4 is 5.32 Å². The summed E-state index contributed by atoms with van der Waals surface area (Å²) in [5.41, 5.74) is 4.71. The smallest absolute Gasteiger partial charge is 0.336 e. The van der Waals surface area contributed by atoms with Gasteiger partial charge in [-0.25, -0.2) is 9.78 Å². The van der Waals surface area contributed by atoms with Crippen molar-refractivity contribution >= 4 is 45.3 Å². The third-order valence-electron chi connectivity index (χ3n) is 7.50. The van der Waals surface area contributed by atoms with E-state index in [-0.39, 0.29) is 23.1 Å². The van der Waals surface area contributed by atoms with Crippen molar-refractivity contribution in [2.75, 3.05) is 0 Å². The Bertz CT molecular complexity index is 1950. The highest BCUT2D eigenvalue weighted by Crippen LogP contribution is 2.37. The summed E-state index contributed by atoms with van der Waals surface area (Å²) in [7, 11) is 0. The molecule has 1 unspecified atom stereocenters. The van der Waals surface area contributed by atoms with Crippen LogP contribution in [0, 0.1) is 0 Å². The number of hydrogen-bond acceptors (Lipinski definition) is 3. The van der Waals surface area contributed by atoms with Gasteiger partial charge in [0.2, 0.25) is 0 Å². The Balaban J connectivity index is 1.41. The molecule has 1 aromatic heterocycles. The molecule has 6 nitrogen and oxygen atoms in total. The molecule has 0 aliphatic carbocycles. The SMILES string of the molecule is CCCC(NC(=O)c1ccc(-c2cc(Cl)ccc2-c2nc3c(ccc4ccccc43)[nH]2)c(C(=O)O)c1)c1ccccc1. The number of nitrogens with zero attached hydrogens (tertiary/aromatic N) is 1. The lowest BCUT2D eigenvalue weighted by molar-refractivity contribution is 0.0697. The molecule has 0 bridgehead atoms. The number of H-pyrrole nitrogens is 1. The Morgan fingerprint density at radius 2 is 1.64 bits per heavy atom. The molecular formula is C35H28ClN3O3. The predicted molar refractivity (Wildman–Crippen MR) is 168 cm³/mol. The van der Waals surface area contributed by atoms with E-state index >= 15 is 0 Å². The molecule has 208 valence electrons. The maximum atomic E-state index is 13.3. The van der Waals surface area contributed by atoms with Crippen molar-refractivity contribution in [3.63, 3.8) is 0 Å². The molecule has 0 saturated heterocycles. The van der Waals surface area contributed by atoms with Crippen LogP contribution >= 0.6 is 11.6 Å². The van der Waals surface area contributed by atoms with E-state index in [1.165, 1.54) is 6.07 Å². The largest absolute Gasteiger partial charge is 0.478 e. The standard InChI is InChI=1S/C35H28ClN3O3/c1-2-8-30(22-10-4-3-5-11-22)38-34(40)23-13-16-26(29(19-23)35(41)42)28-20-24(36)15-17-27(28)33-37-31-18-14-21-9-6-7-12-25(21)32(31)39-33/h3-7,9-20,30H,2,8H2,1H3,(H,37,39)(H,38,40)(H,41,42). The average Bonchev–Trinajstić information content (AvgIpc) is 3.46. The van der Waals surface area contributed by atoms with E-state index in [2.05, 4.69) is 17.2 Å². The van der Waals surface area contributed by atoms with Gasteiger partial charge in [0.15, 0.2) is 0 Å². The predicted octanol–water partition coefficient (Wildman–Crippen LogP) is 8.67. The van der Waals surface area contributed by atoms with Crippen molar-refractivity contribution in [2.24, 2.45) is 0 Å². The summed E-state index contributed by atoms with van der Waals surface area (Å²) in [6, 6.07) is 31.7. The molecule has 0 saturated carbocycles. The maximum absolute atomic E-state index is 13.3. The van der Waals surface area contributed by atoms with E-state index in [1.807, 2.05) is 72.8 Å². The lowest BCUT2D eigenvalue weighted by Crippen LogP contribution is -2.28. The first-order valence-electron chi connectivity index (χ1n) is 13.8. The molecule has 42 heavy (non-hydrogen) atoms. The maximum Gasteiger partial charge on any atom is 0.336 e. The minimum Gasteiger partial charge on any atom is -0.478 e. The van der Waals surface area contributed by atoms with Gasteiger partial charge in [-0.1, -0.05) is 91.7 Å². The van der Waals surface area contributed by atoms with E-state index < -0.39 is 5.97 Å². The molecule has 0 aliphatic rings. The molecule has 1 amide bonds. The van der Waals surface area contributed by atoms with Crippen molar-refractivity contribution in [1.29, 1.82) is 0 Å². The van der Waals surface area contributed by atoms with E-state index in [9.17, 15) is 14.7 Å². The summed E-state index contributed by atoms with van der Waals surface area (Å²) in [6.45, 7) is 2.06. The normalized spacial score (nSPS) is 12.0. The number of hydrogen-bond donors (Lipinski definition) is 3. The monoisotopic (exact) mass is 573 g/mol. The molecule has 6 aromatic rings. The highest BCUT2D eigenvalue weighted by atomic mass is 35.5. The number of fused-ring (bicyclic) bond motifs is 3. The first-order chi connectivity index (χ1) is 20.4. The van der Waals surface area contributed by atoms with Crippen molar-refractivity contribution in [3.8, 4) is 22.5 Å². The summed E-state index contributed by atoms with van der Waals surface area (Å²) in [5.74, 6) is -0.882. The Kier molecular flexibility index (Phi) is 7.46. The first-order valence-corrected chi connectivity index (χ1v) is 14.2. The zero-order chi connectivity index (χ0) is 29.2. The highest BCUT2D eigenvalue weighted by Gasteiger charge is 2.22. The summed E-state index contributed by atoms with van der Waals surface area (Å²) in [4.78, 5) is 34.2. The second kappa shape index (κ2) is 11.5. The van der Waals surface area contributed by atoms with Crippen molar-refractivity contribution in [1.82, 2.24) is 15.3 Å². The zero-order valence-electron chi connectivity index (χ0n) is 22.9. The van der Waals surface area contributed by atoms with Gasteiger partial charge in [0, 0.05) is 21.5 Å². The zero-order valence-corrected chi connectivity index (χ0v) is 23.7. The molecule has 6 rings (SSSR count). The second-order valence-corrected chi connectivity index (χ2v) is 10.7. The van der Waals surface area contributed by atoms with Gasteiger partial charge in [-0.2, -0.15) is 0 Å². The number of nitrogens with one attached hydrogen (secondary N) is 2. The first kappa shape index (κ1) is 27.2. The number of carboxylic acid groups (broad SMARTS) is 1. The lowest BCUT2D eigenvalue weighted by Gasteiger charge is -2.19. The molecule has 1 heterocycles. The van der Waals surface area contributed by atoms with Crippen molar-refractivity contribution < 1.29 is 14.7 Å². The average molecular weight is 574 g/mol. The quantitative estimate of drug-likeness (QED) is 0.170. The van der Waals surface area contributed by atoms with Crippen LogP contribution in [0.1, 0.15) is 52.1 Å². The minimum absolute atomic E-state index is 0.000481. The van der Waals surface area contributed by atoms with Gasteiger partial charge in [-0.15, -0.1) is 0 Å². The van der Waals surface area contributed by atoms with Crippen LogP contribution in [-0.4, -0.2) is 27.0 Å².